The number of hydrogen-bond donors (Lipinski definition) is 3. The van der Waals surface area contributed by atoms with Crippen molar-refractivity contribution in [3.05, 3.63) is 81.9 Å². The van der Waals surface area contributed by atoms with E-state index in [-0.39, 0.29) is 23.7 Å². The fourth-order valence-electron chi connectivity index (χ4n) is 4.61. The Morgan fingerprint density at radius 1 is 1.07 bits per heavy atom. The third-order valence-electron chi connectivity index (χ3n) is 6.44. The molecule has 0 unspecified atom stereocenters. The van der Waals surface area contributed by atoms with E-state index in [1.807, 2.05) is 30.9 Å². The summed E-state index contributed by atoms with van der Waals surface area (Å²) in [5, 5.41) is 13.1. The summed E-state index contributed by atoms with van der Waals surface area (Å²) >= 11 is 0. The Labute approximate surface area is 176 Å². The van der Waals surface area contributed by atoms with E-state index in [1.165, 1.54) is 11.1 Å². The first-order chi connectivity index (χ1) is 14.5. The molecule has 3 N–H and O–H groups in total. The number of fused-ring (bicyclic) bond motifs is 2. The molecule has 5 rings (SSSR count). The second-order valence-corrected chi connectivity index (χ2v) is 8.38. The minimum Gasteiger partial charge on any atom is -0.508 e. The molecule has 3 aromatic rings. The average molecular weight is 402 g/mol. The lowest BCUT2D eigenvalue weighted by molar-refractivity contribution is -0.137. The van der Waals surface area contributed by atoms with Crippen LogP contribution in [-0.2, 0) is 30.7 Å². The third kappa shape index (κ3) is 3.27. The van der Waals surface area contributed by atoms with E-state index in [0.717, 1.165) is 34.8 Å². The number of amides is 1. The van der Waals surface area contributed by atoms with E-state index >= 15 is 0 Å². The van der Waals surface area contributed by atoms with Crippen molar-refractivity contribution in [2.24, 2.45) is 0 Å². The number of aromatic amines is 1. The van der Waals surface area contributed by atoms with Gasteiger partial charge < -0.3 is 20.3 Å². The van der Waals surface area contributed by atoms with Gasteiger partial charge in [-0.25, -0.2) is 4.98 Å². The zero-order valence-electron chi connectivity index (χ0n) is 17.3. The van der Waals surface area contributed by atoms with Gasteiger partial charge in [0.1, 0.15) is 11.6 Å². The van der Waals surface area contributed by atoms with Gasteiger partial charge in [-0.15, -0.1) is 0 Å². The fraction of sp³-hybridized carbons (Fsp3) is 0.333. The first-order valence-corrected chi connectivity index (χ1v) is 10.4. The maximum atomic E-state index is 13.7. The molecule has 2 aliphatic rings. The Bertz CT molecular complexity index is 1100. The predicted octanol–water partition coefficient (Wildman–Crippen LogP) is 3.07. The molecular weight excluding hydrogens is 376 g/mol. The van der Waals surface area contributed by atoms with Crippen LogP contribution in [0.1, 0.15) is 45.5 Å². The van der Waals surface area contributed by atoms with E-state index in [2.05, 4.69) is 28.5 Å². The number of carbonyl (C=O) groups excluding carboxylic acids is 1. The minimum atomic E-state index is -0.285. The lowest BCUT2D eigenvalue weighted by Crippen LogP contribution is -2.51. The summed E-state index contributed by atoms with van der Waals surface area (Å²) in [6.45, 7) is 5.17. The molecule has 1 aromatic heterocycles. The monoisotopic (exact) mass is 402 g/mol. The molecule has 6 heteroatoms. The molecule has 0 fully saturated rings. The maximum absolute atomic E-state index is 13.7. The van der Waals surface area contributed by atoms with Gasteiger partial charge in [0.2, 0.25) is 5.91 Å². The van der Waals surface area contributed by atoms with Gasteiger partial charge in [0.25, 0.3) is 0 Å². The fourth-order valence-corrected chi connectivity index (χ4v) is 4.61. The van der Waals surface area contributed by atoms with Gasteiger partial charge in [0.05, 0.1) is 17.8 Å². The van der Waals surface area contributed by atoms with Crippen molar-refractivity contribution >= 4 is 5.91 Å². The van der Waals surface area contributed by atoms with E-state index in [0.29, 0.717) is 19.5 Å². The van der Waals surface area contributed by atoms with E-state index in [9.17, 15) is 9.90 Å². The Morgan fingerprint density at radius 2 is 1.83 bits per heavy atom. The lowest BCUT2D eigenvalue weighted by atomic mass is 9.90. The molecule has 0 radical (unpaired) electrons. The third-order valence-corrected chi connectivity index (χ3v) is 6.44. The summed E-state index contributed by atoms with van der Waals surface area (Å²) in [7, 11) is 0. The van der Waals surface area contributed by atoms with Gasteiger partial charge in [-0.3, -0.25) is 4.79 Å². The number of benzene rings is 2. The van der Waals surface area contributed by atoms with Crippen molar-refractivity contribution in [2.45, 2.75) is 51.9 Å². The van der Waals surface area contributed by atoms with E-state index in [1.54, 1.807) is 12.1 Å². The largest absolute Gasteiger partial charge is 0.508 e. The van der Waals surface area contributed by atoms with Crippen LogP contribution in [0.2, 0.25) is 0 Å². The van der Waals surface area contributed by atoms with Crippen LogP contribution in [0.15, 0.2) is 42.5 Å². The molecule has 6 nitrogen and oxygen atoms in total. The summed E-state index contributed by atoms with van der Waals surface area (Å²) in [5.74, 6) is 1.21. The SMILES string of the molecule is Cc1nc([C@H]2Cc3ccccc3CN2C(=O)[C@@H]2Cc3ccc(O)cc3CN2)[nH]c1C. The molecule has 0 spiro atoms. The summed E-state index contributed by atoms with van der Waals surface area (Å²) < 4.78 is 0. The van der Waals surface area contributed by atoms with Crippen LogP contribution < -0.4 is 5.32 Å². The Hall–Kier alpha value is -3.12. The topological polar surface area (TPSA) is 81.2 Å². The summed E-state index contributed by atoms with van der Waals surface area (Å²) in [4.78, 5) is 23.8. The molecule has 2 aliphatic heterocycles. The molecule has 154 valence electrons. The number of hydrogen-bond acceptors (Lipinski definition) is 4. The first kappa shape index (κ1) is 18.9. The Kier molecular flexibility index (Phi) is 4.59. The van der Waals surface area contributed by atoms with Crippen LogP contribution in [0.25, 0.3) is 0 Å². The van der Waals surface area contributed by atoms with Gasteiger partial charge >= 0.3 is 0 Å². The van der Waals surface area contributed by atoms with Crippen LogP contribution in [0.4, 0.5) is 0 Å². The average Bonchev–Trinajstić information content (AvgIpc) is 3.10. The molecule has 30 heavy (non-hydrogen) atoms. The lowest BCUT2D eigenvalue weighted by Gasteiger charge is -2.39. The number of phenols is 1. The molecular formula is C24H26N4O2. The Morgan fingerprint density at radius 3 is 2.60 bits per heavy atom. The number of carbonyl (C=O) groups is 1. The quantitative estimate of drug-likeness (QED) is 0.615. The zero-order chi connectivity index (χ0) is 20.8. The number of rotatable bonds is 2. The van der Waals surface area contributed by atoms with Crippen molar-refractivity contribution in [1.29, 1.82) is 0 Å². The number of aryl methyl sites for hydroxylation is 2. The smallest absolute Gasteiger partial charge is 0.240 e. The molecule has 1 amide bonds. The summed E-state index contributed by atoms with van der Waals surface area (Å²) in [6.07, 6.45) is 1.38. The van der Waals surface area contributed by atoms with Crippen LogP contribution in [0, 0.1) is 13.8 Å². The number of phenolic OH excluding ortho intramolecular Hbond substituents is 1. The number of nitrogens with one attached hydrogen (secondary N) is 2. The molecule has 0 aliphatic carbocycles. The van der Waals surface area contributed by atoms with Gasteiger partial charge in [0.15, 0.2) is 0 Å². The highest BCUT2D eigenvalue weighted by atomic mass is 16.3. The zero-order valence-corrected chi connectivity index (χ0v) is 17.3. The molecule has 0 saturated heterocycles. The number of H-pyrrole nitrogens is 1. The number of nitrogens with zero attached hydrogens (tertiary/aromatic N) is 2. The Balaban J connectivity index is 1.47. The van der Waals surface area contributed by atoms with Crippen LogP contribution >= 0.6 is 0 Å². The first-order valence-electron chi connectivity index (χ1n) is 10.4. The van der Waals surface area contributed by atoms with E-state index < -0.39 is 0 Å². The molecule has 0 saturated carbocycles. The highest BCUT2D eigenvalue weighted by Gasteiger charge is 2.37. The highest BCUT2D eigenvalue weighted by Crippen LogP contribution is 2.34. The van der Waals surface area contributed by atoms with Crippen molar-refractivity contribution in [1.82, 2.24) is 20.2 Å². The van der Waals surface area contributed by atoms with Crippen LogP contribution in [-0.4, -0.2) is 31.9 Å². The van der Waals surface area contributed by atoms with Crippen molar-refractivity contribution in [2.75, 3.05) is 0 Å². The second kappa shape index (κ2) is 7.29. The van der Waals surface area contributed by atoms with E-state index in [4.69, 9.17) is 4.98 Å². The molecule has 2 atom stereocenters. The van der Waals surface area contributed by atoms with Crippen LogP contribution in [0.3, 0.4) is 0 Å². The highest BCUT2D eigenvalue weighted by molar-refractivity contribution is 5.83. The van der Waals surface area contributed by atoms with Gasteiger partial charge in [-0.2, -0.15) is 0 Å². The number of aromatic hydroxyl groups is 1. The summed E-state index contributed by atoms with van der Waals surface area (Å²) in [5.41, 5.74) is 6.65. The van der Waals surface area contributed by atoms with Crippen molar-refractivity contribution in [3.8, 4) is 5.75 Å². The predicted molar refractivity (Wildman–Crippen MR) is 114 cm³/mol. The van der Waals surface area contributed by atoms with Crippen LogP contribution in [0.5, 0.6) is 5.75 Å². The normalized spacial score (nSPS) is 20.5. The maximum Gasteiger partial charge on any atom is 0.240 e. The van der Waals surface area contributed by atoms with Gasteiger partial charge in [-0.1, -0.05) is 30.3 Å². The molecule has 0 bridgehead atoms. The van der Waals surface area contributed by atoms with Crippen molar-refractivity contribution < 1.29 is 9.90 Å². The van der Waals surface area contributed by atoms with Gasteiger partial charge in [-0.05, 0) is 54.7 Å². The van der Waals surface area contributed by atoms with Gasteiger partial charge in [0, 0.05) is 25.2 Å². The number of aromatic nitrogens is 2. The number of imidazole rings is 1. The standard InChI is InChI=1S/C24H26N4O2/c1-14-15(2)27-23(26-14)22-11-16-5-3-4-6-18(16)13-28(22)24(30)21-10-17-7-8-20(29)9-19(17)12-25-21/h3-9,21-22,25,29H,10-13H2,1-2H3,(H,26,27)/t21-,22+/m0/s1. The molecule has 2 aromatic carbocycles. The van der Waals surface area contributed by atoms with Crippen molar-refractivity contribution in [3.63, 3.8) is 0 Å². The minimum absolute atomic E-state index is 0.0972. The molecule has 3 heterocycles. The second-order valence-electron chi connectivity index (χ2n) is 8.38. The summed E-state index contributed by atoms with van der Waals surface area (Å²) in [6, 6.07) is 13.3.